The number of aliphatic carboxylic acids is 1. The normalized spacial score (nSPS) is 19.2. The van der Waals surface area contributed by atoms with Gasteiger partial charge in [0, 0.05) is 17.8 Å². The quantitative estimate of drug-likeness (QED) is 0.554. The summed E-state index contributed by atoms with van der Waals surface area (Å²) in [6, 6.07) is 10.5. The van der Waals surface area contributed by atoms with Gasteiger partial charge in [-0.3, -0.25) is 9.59 Å². The van der Waals surface area contributed by atoms with Crippen molar-refractivity contribution in [2.24, 2.45) is 5.92 Å². The molecule has 8 nitrogen and oxygen atoms in total. The van der Waals surface area contributed by atoms with E-state index >= 15 is 0 Å². The van der Waals surface area contributed by atoms with Gasteiger partial charge in [0.2, 0.25) is 5.91 Å². The number of halogens is 1. The number of hydrogen-bond donors (Lipinski definition) is 2. The molecule has 1 saturated heterocycles. The molecule has 168 valence electrons. The Morgan fingerprint density at radius 1 is 1.26 bits per heavy atom. The molecule has 0 radical (unpaired) electrons. The number of nitrogens with zero attached hydrogens (tertiary/aromatic N) is 1. The van der Waals surface area contributed by atoms with Crippen LogP contribution >= 0.6 is 22.9 Å². The van der Waals surface area contributed by atoms with Crippen LogP contribution in [-0.2, 0) is 19.6 Å². The number of amides is 1. The van der Waals surface area contributed by atoms with Crippen molar-refractivity contribution in [3.63, 3.8) is 0 Å². The molecule has 1 fully saturated rings. The molecule has 2 aromatic rings. The lowest BCUT2D eigenvalue weighted by atomic mass is 9.91. The van der Waals surface area contributed by atoms with Crippen molar-refractivity contribution < 1.29 is 27.9 Å². The Balaban J connectivity index is 1.80. The van der Waals surface area contributed by atoms with Crippen LogP contribution in [0.5, 0.6) is 5.75 Å². The Bertz CT molecular complexity index is 1040. The van der Waals surface area contributed by atoms with Crippen LogP contribution in [0.25, 0.3) is 10.4 Å². The van der Waals surface area contributed by atoms with Gasteiger partial charge < -0.3 is 14.7 Å². The standard InChI is InChI=1S/C20H23ClN2O6S2/c1-29-15-4-2-14(3-5-15)16-6-7-20(30-16)31(27,28)22-17-10-13(11-19(25)26)8-9-23(17)18(24)12-21/h2-7,13,17,22H,8-12H2,1H3,(H,25,26)/t13?,17-/m0/s1. The lowest BCUT2D eigenvalue weighted by molar-refractivity contribution is -0.139. The second-order valence-electron chi connectivity index (χ2n) is 7.19. The highest BCUT2D eigenvalue weighted by atomic mass is 35.5. The van der Waals surface area contributed by atoms with Crippen LogP contribution in [-0.4, -0.2) is 56.0 Å². The van der Waals surface area contributed by atoms with Crippen molar-refractivity contribution in [3.8, 4) is 16.2 Å². The number of sulfonamides is 1. The van der Waals surface area contributed by atoms with Crippen LogP contribution in [0.4, 0.5) is 0 Å². The molecule has 2 heterocycles. The van der Waals surface area contributed by atoms with Gasteiger partial charge in [0.05, 0.1) is 13.3 Å². The van der Waals surface area contributed by atoms with Crippen molar-refractivity contribution in [1.29, 1.82) is 0 Å². The van der Waals surface area contributed by atoms with Crippen molar-refractivity contribution in [2.45, 2.75) is 29.6 Å². The van der Waals surface area contributed by atoms with E-state index in [1.807, 2.05) is 12.1 Å². The van der Waals surface area contributed by atoms with Gasteiger partial charge in [0.25, 0.3) is 10.0 Å². The molecular weight excluding hydrogens is 464 g/mol. The number of piperidine rings is 1. The fourth-order valence-corrected chi connectivity index (χ4v) is 6.26. The number of alkyl halides is 1. The van der Waals surface area contributed by atoms with E-state index < -0.39 is 28.1 Å². The third-order valence-corrected chi connectivity index (χ3v) is 8.43. The first kappa shape index (κ1) is 23.5. The van der Waals surface area contributed by atoms with E-state index in [0.717, 1.165) is 21.8 Å². The van der Waals surface area contributed by atoms with E-state index in [4.69, 9.17) is 21.4 Å². The number of likely N-dealkylation sites (tertiary alicyclic amines) is 1. The van der Waals surface area contributed by atoms with Gasteiger partial charge in [0.15, 0.2) is 0 Å². The molecular formula is C20H23ClN2O6S2. The molecule has 2 atom stereocenters. The van der Waals surface area contributed by atoms with E-state index in [1.54, 1.807) is 25.3 Å². The van der Waals surface area contributed by atoms with E-state index in [-0.39, 0.29) is 35.4 Å². The van der Waals surface area contributed by atoms with Gasteiger partial charge in [-0.05, 0) is 60.7 Å². The molecule has 31 heavy (non-hydrogen) atoms. The number of ether oxygens (including phenoxy) is 1. The van der Waals surface area contributed by atoms with Gasteiger partial charge in [-0.1, -0.05) is 0 Å². The first-order valence-corrected chi connectivity index (χ1v) is 12.4. The van der Waals surface area contributed by atoms with Crippen LogP contribution in [0, 0.1) is 5.92 Å². The molecule has 2 N–H and O–H groups in total. The third-order valence-electron chi connectivity index (χ3n) is 5.12. The molecule has 0 saturated carbocycles. The monoisotopic (exact) mass is 486 g/mol. The average Bonchev–Trinajstić information content (AvgIpc) is 3.24. The minimum absolute atomic E-state index is 0.0816. The van der Waals surface area contributed by atoms with Crippen LogP contribution < -0.4 is 9.46 Å². The van der Waals surface area contributed by atoms with E-state index in [2.05, 4.69) is 4.72 Å². The number of carboxylic acids is 1. The zero-order valence-corrected chi connectivity index (χ0v) is 19.2. The minimum atomic E-state index is -3.93. The summed E-state index contributed by atoms with van der Waals surface area (Å²) < 4.78 is 33.9. The summed E-state index contributed by atoms with van der Waals surface area (Å²) in [7, 11) is -2.36. The molecule has 0 bridgehead atoms. The molecule has 1 unspecified atom stereocenters. The SMILES string of the molecule is COc1ccc(-c2ccc(S(=O)(=O)N[C@@H]3CC(CC(=O)O)CCN3C(=O)CCl)s2)cc1. The highest BCUT2D eigenvalue weighted by molar-refractivity contribution is 7.91. The lowest BCUT2D eigenvalue weighted by Crippen LogP contribution is -2.55. The molecule has 11 heteroatoms. The van der Waals surface area contributed by atoms with E-state index in [9.17, 15) is 18.0 Å². The Labute approximate surface area is 189 Å². The number of benzene rings is 1. The maximum Gasteiger partial charge on any atom is 0.303 e. The number of carbonyl (C=O) groups is 2. The molecule has 3 rings (SSSR count). The van der Waals surface area contributed by atoms with Gasteiger partial charge in [-0.25, -0.2) is 8.42 Å². The summed E-state index contributed by atoms with van der Waals surface area (Å²) >= 11 is 6.79. The second kappa shape index (κ2) is 9.99. The largest absolute Gasteiger partial charge is 0.497 e. The van der Waals surface area contributed by atoms with Crippen molar-refractivity contribution >= 4 is 44.8 Å². The van der Waals surface area contributed by atoms with Crippen molar-refractivity contribution in [2.75, 3.05) is 19.5 Å². The first-order valence-electron chi connectivity index (χ1n) is 9.57. The third kappa shape index (κ3) is 5.76. The maximum atomic E-state index is 13.0. The minimum Gasteiger partial charge on any atom is -0.497 e. The number of thiophene rings is 1. The predicted molar refractivity (Wildman–Crippen MR) is 118 cm³/mol. The number of carboxylic acid groups (broad SMARTS) is 1. The Hall–Kier alpha value is -2.14. The number of carbonyl (C=O) groups excluding carboxylic acids is 1. The number of methoxy groups -OCH3 is 1. The van der Waals surface area contributed by atoms with E-state index in [0.29, 0.717) is 12.2 Å². The Kier molecular flexibility index (Phi) is 7.58. The zero-order valence-electron chi connectivity index (χ0n) is 16.8. The Morgan fingerprint density at radius 3 is 2.58 bits per heavy atom. The van der Waals surface area contributed by atoms with Gasteiger partial charge >= 0.3 is 5.97 Å². The zero-order chi connectivity index (χ0) is 22.6. The van der Waals surface area contributed by atoms with Crippen LogP contribution in [0.1, 0.15) is 19.3 Å². The molecule has 1 aliphatic heterocycles. The molecule has 1 aromatic carbocycles. The number of hydrogen-bond acceptors (Lipinski definition) is 6. The van der Waals surface area contributed by atoms with Crippen LogP contribution in [0.3, 0.4) is 0 Å². The molecule has 0 spiro atoms. The van der Waals surface area contributed by atoms with Gasteiger partial charge in [-0.2, -0.15) is 4.72 Å². The predicted octanol–water partition coefficient (Wildman–Crippen LogP) is 2.98. The summed E-state index contributed by atoms with van der Waals surface area (Å²) in [6.07, 6.45) is -0.235. The number of nitrogens with one attached hydrogen (secondary N) is 1. The van der Waals surface area contributed by atoms with Crippen LogP contribution in [0.2, 0.25) is 0 Å². The van der Waals surface area contributed by atoms with Crippen LogP contribution in [0.15, 0.2) is 40.6 Å². The summed E-state index contributed by atoms with van der Waals surface area (Å²) in [4.78, 5) is 25.4. The van der Waals surface area contributed by atoms with E-state index in [1.165, 1.54) is 11.0 Å². The molecule has 1 aromatic heterocycles. The van der Waals surface area contributed by atoms with Gasteiger partial charge in [-0.15, -0.1) is 22.9 Å². The molecule has 1 amide bonds. The van der Waals surface area contributed by atoms with Gasteiger partial charge in [0.1, 0.15) is 15.8 Å². The topological polar surface area (TPSA) is 113 Å². The summed E-state index contributed by atoms with van der Waals surface area (Å²) in [5.41, 5.74) is 0.852. The highest BCUT2D eigenvalue weighted by Gasteiger charge is 2.35. The fourth-order valence-electron chi connectivity index (χ4n) is 3.57. The highest BCUT2D eigenvalue weighted by Crippen LogP contribution is 2.33. The number of rotatable bonds is 8. The van der Waals surface area contributed by atoms with Crippen molar-refractivity contribution in [1.82, 2.24) is 9.62 Å². The molecule has 1 aliphatic rings. The summed E-state index contributed by atoms with van der Waals surface area (Å²) in [6.45, 7) is 0.248. The first-order chi connectivity index (χ1) is 14.7. The summed E-state index contributed by atoms with van der Waals surface area (Å²) in [5.74, 6) is -1.16. The summed E-state index contributed by atoms with van der Waals surface area (Å²) in [5, 5.41) is 9.08. The fraction of sp³-hybridized carbons (Fsp3) is 0.400. The Morgan fingerprint density at radius 2 is 1.97 bits per heavy atom. The van der Waals surface area contributed by atoms with Crippen molar-refractivity contribution in [3.05, 3.63) is 36.4 Å². The smallest absolute Gasteiger partial charge is 0.303 e. The maximum absolute atomic E-state index is 13.0. The lowest BCUT2D eigenvalue weighted by Gasteiger charge is -2.38. The average molecular weight is 487 g/mol. The molecule has 0 aliphatic carbocycles. The second-order valence-corrected chi connectivity index (χ2v) is 10.5.